The number of rotatable bonds is 10. The molecule has 1 N–H and O–H groups in total. The highest BCUT2D eigenvalue weighted by molar-refractivity contribution is 5.94. The zero-order valence-electron chi connectivity index (χ0n) is 20.6. The summed E-state index contributed by atoms with van der Waals surface area (Å²) in [4.78, 5) is 16.7. The summed E-state index contributed by atoms with van der Waals surface area (Å²) in [5.74, 6) is -1.20. The predicted molar refractivity (Wildman–Crippen MR) is 144 cm³/mol. The van der Waals surface area contributed by atoms with Crippen LogP contribution in [0, 0.1) is 6.57 Å². The van der Waals surface area contributed by atoms with Crippen molar-refractivity contribution < 1.29 is 9.90 Å². The van der Waals surface area contributed by atoms with Gasteiger partial charge in [0.15, 0.2) is 0 Å². The number of hydrogen-bond donors (Lipinski definition) is 1. The first-order valence-electron chi connectivity index (χ1n) is 12.5. The Labute approximate surface area is 208 Å². The number of carboxylic acid groups (broad SMARTS) is 1. The van der Waals surface area contributed by atoms with Crippen molar-refractivity contribution in [3.05, 3.63) is 94.5 Å². The number of unbranched alkanes of at least 4 members (excludes halogenated alkanes) is 2. The van der Waals surface area contributed by atoms with Gasteiger partial charge in [-0.05, 0) is 76.4 Å². The van der Waals surface area contributed by atoms with E-state index in [0.717, 1.165) is 30.6 Å². The number of fused-ring (bicyclic) bond motifs is 3. The molecule has 0 spiro atoms. The molecule has 4 rings (SSSR count). The Kier molecular flexibility index (Phi) is 7.67. The molecule has 1 aliphatic carbocycles. The van der Waals surface area contributed by atoms with Gasteiger partial charge in [0, 0.05) is 18.8 Å². The zero-order valence-corrected chi connectivity index (χ0v) is 20.6. The largest absolute Gasteiger partial charge is 0.486 e. The standard InChI is InChI=1S/C31H32N2O2/c1-4-6-16-33(17-7-5-2)27-13-15-29-26(21-27)20-25-19-24(12-14-28(25)29)23-10-8-22(9-11-23)18-30(32-3)31(34)35/h8-15,18-19,21H,4-7,16-17,20H2,1-2H3,(H,34,35). The molecule has 3 aromatic carbocycles. The minimum atomic E-state index is -1.20. The zero-order chi connectivity index (χ0) is 24.8. The lowest BCUT2D eigenvalue weighted by molar-refractivity contribution is -0.132. The van der Waals surface area contributed by atoms with Crippen molar-refractivity contribution in [2.45, 2.75) is 46.0 Å². The molecule has 3 aromatic rings. The van der Waals surface area contributed by atoms with E-state index >= 15 is 0 Å². The van der Waals surface area contributed by atoms with Gasteiger partial charge in [0.05, 0.1) is 6.57 Å². The van der Waals surface area contributed by atoms with Crippen molar-refractivity contribution in [2.75, 3.05) is 18.0 Å². The molecule has 178 valence electrons. The monoisotopic (exact) mass is 464 g/mol. The van der Waals surface area contributed by atoms with Gasteiger partial charge in [-0.15, -0.1) is 0 Å². The lowest BCUT2D eigenvalue weighted by Crippen LogP contribution is -2.25. The summed E-state index contributed by atoms with van der Waals surface area (Å²) in [5.41, 5.74) is 9.36. The van der Waals surface area contributed by atoms with Gasteiger partial charge in [0.2, 0.25) is 0 Å². The van der Waals surface area contributed by atoms with Crippen molar-refractivity contribution in [1.82, 2.24) is 0 Å². The quantitative estimate of drug-likeness (QED) is 0.193. The van der Waals surface area contributed by atoms with Crippen LogP contribution in [0.15, 0.2) is 66.4 Å². The van der Waals surface area contributed by atoms with E-state index in [2.05, 4.69) is 60.0 Å². The van der Waals surface area contributed by atoms with Crippen molar-refractivity contribution in [1.29, 1.82) is 0 Å². The van der Waals surface area contributed by atoms with E-state index in [0.29, 0.717) is 5.56 Å². The molecule has 0 heterocycles. The van der Waals surface area contributed by atoms with Gasteiger partial charge >= 0.3 is 5.97 Å². The van der Waals surface area contributed by atoms with Gasteiger partial charge in [-0.25, -0.2) is 4.85 Å². The van der Waals surface area contributed by atoms with E-state index in [-0.39, 0.29) is 5.70 Å². The van der Waals surface area contributed by atoms with E-state index in [1.54, 1.807) is 0 Å². The van der Waals surface area contributed by atoms with Gasteiger partial charge in [-0.2, -0.15) is 0 Å². The predicted octanol–water partition coefficient (Wildman–Crippen LogP) is 7.68. The summed E-state index contributed by atoms with van der Waals surface area (Å²) in [5, 5.41) is 9.07. The van der Waals surface area contributed by atoms with Crippen LogP contribution in [0.1, 0.15) is 56.2 Å². The third-order valence-corrected chi connectivity index (χ3v) is 6.68. The molecule has 0 aromatic heterocycles. The van der Waals surface area contributed by atoms with Crippen LogP contribution in [0.5, 0.6) is 0 Å². The van der Waals surface area contributed by atoms with E-state index in [1.165, 1.54) is 59.7 Å². The molecule has 0 bridgehead atoms. The first-order chi connectivity index (χ1) is 17.0. The van der Waals surface area contributed by atoms with Crippen LogP contribution in [-0.4, -0.2) is 24.2 Å². The minimum Gasteiger partial charge on any atom is -0.486 e. The second-order valence-electron chi connectivity index (χ2n) is 9.15. The molecular weight excluding hydrogens is 432 g/mol. The smallest absolute Gasteiger partial charge is 0.333 e. The maximum absolute atomic E-state index is 11.1. The second-order valence-corrected chi connectivity index (χ2v) is 9.15. The van der Waals surface area contributed by atoms with E-state index in [9.17, 15) is 4.79 Å². The molecule has 4 heteroatoms. The van der Waals surface area contributed by atoms with Crippen molar-refractivity contribution >= 4 is 17.7 Å². The fourth-order valence-electron chi connectivity index (χ4n) is 4.71. The van der Waals surface area contributed by atoms with Crippen LogP contribution in [0.2, 0.25) is 0 Å². The summed E-state index contributed by atoms with van der Waals surface area (Å²) < 4.78 is 0. The molecule has 35 heavy (non-hydrogen) atoms. The van der Waals surface area contributed by atoms with Crippen LogP contribution in [0.25, 0.3) is 33.2 Å². The van der Waals surface area contributed by atoms with Crippen LogP contribution in [-0.2, 0) is 11.2 Å². The average molecular weight is 465 g/mol. The molecule has 0 radical (unpaired) electrons. The van der Waals surface area contributed by atoms with Gasteiger partial charge in [0.1, 0.15) is 0 Å². The SMILES string of the molecule is [C-]#[N+]C(=Cc1ccc(-c2ccc3c(c2)Cc2cc(N(CCCC)CCCC)ccc2-3)cc1)C(=O)O. The first-order valence-corrected chi connectivity index (χ1v) is 12.5. The number of anilines is 1. The Morgan fingerprint density at radius 3 is 2.11 bits per heavy atom. The van der Waals surface area contributed by atoms with Crippen LogP contribution in [0.4, 0.5) is 5.69 Å². The Bertz CT molecular complexity index is 1270. The Morgan fingerprint density at radius 2 is 1.51 bits per heavy atom. The Hall–Kier alpha value is -3.84. The summed E-state index contributed by atoms with van der Waals surface area (Å²) >= 11 is 0. The number of nitrogens with zero attached hydrogens (tertiary/aromatic N) is 2. The fourth-order valence-corrected chi connectivity index (χ4v) is 4.71. The van der Waals surface area contributed by atoms with E-state index in [1.807, 2.05) is 24.3 Å². The normalized spacial score (nSPS) is 12.1. The van der Waals surface area contributed by atoms with Crippen LogP contribution >= 0.6 is 0 Å². The molecular formula is C31H32N2O2. The second kappa shape index (κ2) is 11.1. The Balaban J connectivity index is 1.56. The number of aliphatic carboxylic acids is 1. The maximum Gasteiger partial charge on any atom is 0.333 e. The molecule has 0 saturated heterocycles. The number of hydrogen-bond acceptors (Lipinski definition) is 2. The highest BCUT2D eigenvalue weighted by atomic mass is 16.4. The molecule has 1 aliphatic rings. The van der Waals surface area contributed by atoms with Crippen LogP contribution in [0.3, 0.4) is 0 Å². The van der Waals surface area contributed by atoms with Crippen molar-refractivity contribution in [3.63, 3.8) is 0 Å². The minimum absolute atomic E-state index is 0.282. The molecule has 0 amide bonds. The molecule has 0 atom stereocenters. The number of benzene rings is 3. The number of carbonyl (C=O) groups is 1. The number of carboxylic acids is 1. The summed E-state index contributed by atoms with van der Waals surface area (Å²) in [6, 6.07) is 21.3. The molecule has 0 saturated carbocycles. The topological polar surface area (TPSA) is 44.9 Å². The summed E-state index contributed by atoms with van der Waals surface area (Å²) in [7, 11) is 0. The van der Waals surface area contributed by atoms with Gasteiger partial charge in [0.25, 0.3) is 5.70 Å². The average Bonchev–Trinajstić information content (AvgIpc) is 3.24. The molecule has 0 aliphatic heterocycles. The fraction of sp³-hybridized carbons (Fsp3) is 0.290. The summed E-state index contributed by atoms with van der Waals surface area (Å²) in [6.45, 7) is 13.7. The Morgan fingerprint density at radius 1 is 0.914 bits per heavy atom. The van der Waals surface area contributed by atoms with Gasteiger partial charge in [-0.1, -0.05) is 75.2 Å². The van der Waals surface area contributed by atoms with Crippen molar-refractivity contribution in [2.24, 2.45) is 0 Å². The first kappa shape index (κ1) is 24.3. The van der Waals surface area contributed by atoms with Gasteiger partial charge in [-0.3, -0.25) is 4.79 Å². The molecule has 4 nitrogen and oxygen atoms in total. The van der Waals surface area contributed by atoms with Crippen molar-refractivity contribution in [3.8, 4) is 22.3 Å². The highest BCUT2D eigenvalue weighted by Gasteiger charge is 2.20. The molecule has 0 fully saturated rings. The van der Waals surface area contributed by atoms with Crippen LogP contribution < -0.4 is 4.90 Å². The lowest BCUT2D eigenvalue weighted by atomic mass is 9.98. The van der Waals surface area contributed by atoms with Gasteiger partial charge < -0.3 is 10.0 Å². The lowest BCUT2D eigenvalue weighted by Gasteiger charge is -2.25. The van der Waals surface area contributed by atoms with E-state index < -0.39 is 5.97 Å². The maximum atomic E-state index is 11.1. The van der Waals surface area contributed by atoms with E-state index in [4.69, 9.17) is 11.7 Å². The third-order valence-electron chi connectivity index (χ3n) is 6.68. The molecule has 0 unspecified atom stereocenters. The third kappa shape index (κ3) is 5.46. The summed E-state index contributed by atoms with van der Waals surface area (Å²) in [6.07, 6.45) is 7.19. The highest BCUT2D eigenvalue weighted by Crippen LogP contribution is 2.40.